The van der Waals surface area contributed by atoms with Gasteiger partial charge in [0.25, 0.3) is 5.91 Å². The number of ether oxygens (including phenoxy) is 1. The van der Waals surface area contributed by atoms with Crippen molar-refractivity contribution < 1.29 is 14.3 Å². The zero-order chi connectivity index (χ0) is 15.2. The minimum atomic E-state index is -0.694. The summed E-state index contributed by atoms with van der Waals surface area (Å²) < 4.78 is 4.64. The zero-order valence-electron chi connectivity index (χ0n) is 11.2. The molecule has 0 atom stereocenters. The molecule has 2 rings (SSSR count). The lowest BCUT2D eigenvalue weighted by molar-refractivity contribution is 0.0916. The van der Waals surface area contributed by atoms with E-state index in [0.717, 1.165) is 10.4 Å². The molecule has 0 saturated carbocycles. The highest BCUT2D eigenvalue weighted by atomic mass is 35.5. The second-order valence-electron chi connectivity index (χ2n) is 3.97. The fourth-order valence-electron chi connectivity index (χ4n) is 1.57. The van der Waals surface area contributed by atoms with Crippen LogP contribution in [0.15, 0.2) is 36.4 Å². The summed E-state index contributed by atoms with van der Waals surface area (Å²) in [7, 11) is 0. The predicted octanol–water partition coefficient (Wildman–Crippen LogP) is 3.46. The van der Waals surface area contributed by atoms with E-state index in [9.17, 15) is 9.59 Å². The maximum atomic E-state index is 11.9. The molecule has 0 radical (unpaired) electrons. The van der Waals surface area contributed by atoms with E-state index in [1.54, 1.807) is 25.1 Å². The zero-order valence-corrected chi connectivity index (χ0v) is 12.8. The number of hydrogen-bond donors (Lipinski definition) is 2. The van der Waals surface area contributed by atoms with Crippen LogP contribution in [0.4, 0.5) is 4.79 Å². The molecular weight excluding hydrogens is 312 g/mol. The normalized spacial score (nSPS) is 10.0. The van der Waals surface area contributed by atoms with Crippen LogP contribution in [0.2, 0.25) is 5.02 Å². The Morgan fingerprint density at radius 2 is 1.86 bits per heavy atom. The Kier molecular flexibility index (Phi) is 5.19. The molecule has 2 aromatic rings. The van der Waals surface area contributed by atoms with Crippen molar-refractivity contribution in [3.63, 3.8) is 0 Å². The van der Waals surface area contributed by atoms with E-state index in [2.05, 4.69) is 15.6 Å². The van der Waals surface area contributed by atoms with Gasteiger partial charge in [-0.25, -0.2) is 10.2 Å². The largest absolute Gasteiger partial charge is 0.449 e. The molecule has 0 saturated heterocycles. The van der Waals surface area contributed by atoms with Gasteiger partial charge in [0.2, 0.25) is 0 Å². The molecule has 0 aliphatic carbocycles. The average Bonchev–Trinajstić information content (AvgIpc) is 2.96. The van der Waals surface area contributed by atoms with E-state index in [0.29, 0.717) is 9.90 Å². The highest BCUT2D eigenvalue weighted by molar-refractivity contribution is 7.17. The Bertz CT molecular complexity index is 640. The minimum absolute atomic E-state index is 0.238. The van der Waals surface area contributed by atoms with Crippen molar-refractivity contribution in [2.75, 3.05) is 6.61 Å². The van der Waals surface area contributed by atoms with Crippen molar-refractivity contribution in [2.24, 2.45) is 0 Å². The summed E-state index contributed by atoms with van der Waals surface area (Å²) in [6.45, 7) is 1.92. The summed E-state index contributed by atoms with van der Waals surface area (Å²) in [5, 5.41) is 0.659. The molecule has 1 aromatic carbocycles. The van der Waals surface area contributed by atoms with E-state index in [1.807, 2.05) is 18.2 Å². The molecule has 1 heterocycles. The number of carbonyl (C=O) groups is 2. The van der Waals surface area contributed by atoms with Crippen LogP contribution in [0.25, 0.3) is 10.4 Å². The van der Waals surface area contributed by atoms with Gasteiger partial charge in [0.15, 0.2) is 0 Å². The van der Waals surface area contributed by atoms with Crippen molar-refractivity contribution in [3.8, 4) is 10.4 Å². The fourth-order valence-corrected chi connectivity index (χ4v) is 2.60. The van der Waals surface area contributed by atoms with Gasteiger partial charge in [0.05, 0.1) is 11.5 Å². The molecule has 2 amide bonds. The highest BCUT2D eigenvalue weighted by Gasteiger charge is 2.11. The summed E-state index contributed by atoms with van der Waals surface area (Å²) in [6, 6.07) is 10.9. The average molecular weight is 325 g/mol. The van der Waals surface area contributed by atoms with E-state index >= 15 is 0 Å². The molecule has 2 N–H and O–H groups in total. The molecular formula is C14H13ClN2O3S. The lowest BCUT2D eigenvalue weighted by Crippen LogP contribution is -2.41. The van der Waals surface area contributed by atoms with E-state index in [1.165, 1.54) is 11.3 Å². The standard InChI is InChI=1S/C14H13ClN2O3S/c1-2-20-14(19)17-16-13(18)12-8-7-11(21-12)9-3-5-10(15)6-4-9/h3-8H,2H2,1H3,(H,16,18)(H,17,19). The second kappa shape index (κ2) is 7.10. The van der Waals surface area contributed by atoms with Gasteiger partial charge in [-0.15, -0.1) is 11.3 Å². The molecule has 0 fully saturated rings. The Morgan fingerprint density at radius 3 is 2.52 bits per heavy atom. The monoisotopic (exact) mass is 324 g/mol. The van der Waals surface area contributed by atoms with Crippen molar-refractivity contribution in [1.29, 1.82) is 0 Å². The number of carbonyl (C=O) groups excluding carboxylic acids is 2. The number of amides is 2. The van der Waals surface area contributed by atoms with Crippen molar-refractivity contribution in [1.82, 2.24) is 10.9 Å². The summed E-state index contributed by atoms with van der Waals surface area (Å²) in [5.41, 5.74) is 5.42. The molecule has 5 nitrogen and oxygen atoms in total. The summed E-state index contributed by atoms with van der Waals surface area (Å²) in [6.07, 6.45) is -0.694. The van der Waals surface area contributed by atoms with Gasteiger partial charge in [-0.3, -0.25) is 10.2 Å². The first kappa shape index (κ1) is 15.3. The third-order valence-corrected chi connectivity index (χ3v) is 3.90. The van der Waals surface area contributed by atoms with Crippen molar-refractivity contribution in [3.05, 3.63) is 46.3 Å². The summed E-state index contributed by atoms with van der Waals surface area (Å²) in [5.74, 6) is -0.395. The quantitative estimate of drug-likeness (QED) is 0.850. The molecule has 0 aliphatic heterocycles. The van der Waals surface area contributed by atoms with Crippen LogP contribution >= 0.6 is 22.9 Å². The van der Waals surface area contributed by atoms with Crippen LogP contribution in [0.1, 0.15) is 16.6 Å². The molecule has 110 valence electrons. The van der Waals surface area contributed by atoms with Crippen LogP contribution in [0.3, 0.4) is 0 Å². The lowest BCUT2D eigenvalue weighted by atomic mass is 10.2. The fraction of sp³-hybridized carbons (Fsp3) is 0.143. The first-order chi connectivity index (χ1) is 10.1. The van der Waals surface area contributed by atoms with Gasteiger partial charge in [-0.05, 0) is 36.8 Å². The lowest BCUT2D eigenvalue weighted by Gasteiger charge is -2.05. The number of hydrogen-bond acceptors (Lipinski definition) is 4. The van der Waals surface area contributed by atoms with Crippen molar-refractivity contribution >= 4 is 34.9 Å². The van der Waals surface area contributed by atoms with Crippen LogP contribution in [-0.4, -0.2) is 18.6 Å². The maximum absolute atomic E-state index is 11.9. The van der Waals surface area contributed by atoms with Gasteiger partial charge < -0.3 is 4.74 Å². The van der Waals surface area contributed by atoms with E-state index < -0.39 is 12.0 Å². The third-order valence-electron chi connectivity index (χ3n) is 2.51. The van der Waals surface area contributed by atoms with Gasteiger partial charge in [-0.2, -0.15) is 0 Å². The van der Waals surface area contributed by atoms with Crippen molar-refractivity contribution in [2.45, 2.75) is 6.92 Å². The molecule has 21 heavy (non-hydrogen) atoms. The van der Waals surface area contributed by atoms with Gasteiger partial charge in [0.1, 0.15) is 0 Å². The van der Waals surface area contributed by atoms with Crippen LogP contribution in [-0.2, 0) is 4.74 Å². The topological polar surface area (TPSA) is 67.4 Å². The molecule has 0 spiro atoms. The predicted molar refractivity (Wildman–Crippen MR) is 82.4 cm³/mol. The van der Waals surface area contributed by atoms with Gasteiger partial charge in [0, 0.05) is 9.90 Å². The Labute approximate surface area is 130 Å². The van der Waals surface area contributed by atoms with Crippen LogP contribution < -0.4 is 10.9 Å². The van der Waals surface area contributed by atoms with E-state index in [4.69, 9.17) is 11.6 Å². The number of rotatable bonds is 3. The minimum Gasteiger partial charge on any atom is -0.449 e. The Balaban J connectivity index is 2.00. The van der Waals surface area contributed by atoms with Gasteiger partial charge in [-0.1, -0.05) is 23.7 Å². The number of nitrogens with one attached hydrogen (secondary N) is 2. The molecule has 7 heteroatoms. The number of hydrazine groups is 1. The number of thiophene rings is 1. The third kappa shape index (κ3) is 4.21. The molecule has 0 unspecified atom stereocenters. The first-order valence-corrected chi connectivity index (χ1v) is 7.38. The molecule has 0 aliphatic rings. The number of halogens is 1. The van der Waals surface area contributed by atoms with Crippen LogP contribution in [0.5, 0.6) is 0 Å². The molecule has 0 bridgehead atoms. The smallest absolute Gasteiger partial charge is 0.426 e. The van der Waals surface area contributed by atoms with E-state index in [-0.39, 0.29) is 6.61 Å². The first-order valence-electron chi connectivity index (χ1n) is 6.19. The second-order valence-corrected chi connectivity index (χ2v) is 5.49. The number of benzene rings is 1. The van der Waals surface area contributed by atoms with Crippen LogP contribution in [0, 0.1) is 0 Å². The highest BCUT2D eigenvalue weighted by Crippen LogP contribution is 2.28. The summed E-state index contributed by atoms with van der Waals surface area (Å²) >= 11 is 7.16. The van der Waals surface area contributed by atoms with Gasteiger partial charge >= 0.3 is 6.09 Å². The Hall–Kier alpha value is -2.05. The SMILES string of the molecule is CCOC(=O)NNC(=O)c1ccc(-c2ccc(Cl)cc2)s1. The Morgan fingerprint density at radius 1 is 1.14 bits per heavy atom. The summed E-state index contributed by atoms with van der Waals surface area (Å²) in [4.78, 5) is 24.4. The maximum Gasteiger partial charge on any atom is 0.426 e. The molecule has 1 aromatic heterocycles.